The molecule has 1 aromatic heterocycles. The molecule has 0 bridgehead atoms. The quantitative estimate of drug-likeness (QED) is 0.845. The van der Waals surface area contributed by atoms with Crippen LogP contribution in [0.15, 0.2) is 47.2 Å². The highest BCUT2D eigenvalue weighted by molar-refractivity contribution is 9.10. The molecule has 0 aliphatic rings. The van der Waals surface area contributed by atoms with Crippen LogP contribution in [0.1, 0.15) is 11.1 Å². The first kappa shape index (κ1) is 15.5. The molecule has 0 fully saturated rings. The van der Waals surface area contributed by atoms with Gasteiger partial charge in [0.25, 0.3) is 0 Å². The molecule has 1 atom stereocenters. The Morgan fingerprint density at radius 3 is 2.65 bits per heavy atom. The van der Waals surface area contributed by atoms with E-state index in [1.807, 2.05) is 19.2 Å². The summed E-state index contributed by atoms with van der Waals surface area (Å²) in [5, 5.41) is 4.02. The Morgan fingerprint density at radius 2 is 1.95 bits per heavy atom. The molecule has 4 heteroatoms. The van der Waals surface area contributed by atoms with Crippen molar-refractivity contribution in [2.24, 2.45) is 5.92 Å². The third-order valence-electron chi connectivity index (χ3n) is 3.32. The van der Waals surface area contributed by atoms with Crippen LogP contribution in [0.25, 0.3) is 0 Å². The molecule has 1 heterocycles. The average molecular weight is 354 g/mol. The van der Waals surface area contributed by atoms with Crippen LogP contribution in [0, 0.1) is 5.92 Å². The van der Waals surface area contributed by atoms with Gasteiger partial charge in [0, 0.05) is 16.9 Å². The molecule has 2 rings (SSSR count). The van der Waals surface area contributed by atoms with E-state index in [0.29, 0.717) is 5.92 Å². The lowest BCUT2D eigenvalue weighted by Crippen LogP contribution is -2.23. The largest absolute Gasteiger partial charge is 0.319 e. The van der Waals surface area contributed by atoms with Gasteiger partial charge in [-0.25, -0.2) is 0 Å². The van der Waals surface area contributed by atoms with Crippen LogP contribution < -0.4 is 5.32 Å². The fourth-order valence-electron chi connectivity index (χ4n) is 2.36. The number of nitrogens with zero attached hydrogens (tertiary/aromatic N) is 1. The smallest absolute Gasteiger partial charge is 0.0621 e. The van der Waals surface area contributed by atoms with E-state index in [1.165, 1.54) is 10.0 Å². The van der Waals surface area contributed by atoms with Gasteiger partial charge in [0.2, 0.25) is 0 Å². The Morgan fingerprint density at radius 1 is 1.20 bits per heavy atom. The summed E-state index contributed by atoms with van der Waals surface area (Å²) in [6.07, 6.45) is 5.48. The Balaban J connectivity index is 2.12. The van der Waals surface area contributed by atoms with E-state index >= 15 is 0 Å². The zero-order chi connectivity index (χ0) is 14.4. The molecule has 1 N–H and O–H groups in total. The van der Waals surface area contributed by atoms with Crippen molar-refractivity contribution in [3.8, 4) is 0 Å². The lowest BCUT2D eigenvalue weighted by molar-refractivity contribution is 0.492. The average Bonchev–Trinajstić information content (AvgIpc) is 2.44. The lowest BCUT2D eigenvalue weighted by Gasteiger charge is -2.18. The molecule has 1 aromatic carbocycles. The van der Waals surface area contributed by atoms with Crippen LogP contribution in [0.3, 0.4) is 0 Å². The van der Waals surface area contributed by atoms with Crippen LogP contribution >= 0.6 is 27.5 Å². The molecule has 0 amide bonds. The Bertz CT molecular complexity index is 512. The molecular weight excluding hydrogens is 336 g/mol. The highest BCUT2D eigenvalue weighted by atomic mass is 79.9. The summed E-state index contributed by atoms with van der Waals surface area (Å²) >= 11 is 9.83. The maximum absolute atomic E-state index is 6.21. The first-order valence-corrected chi connectivity index (χ1v) is 7.84. The van der Waals surface area contributed by atoms with Crippen LogP contribution in [0.4, 0.5) is 0 Å². The number of pyridine rings is 1. The molecule has 2 aromatic rings. The molecule has 2 nitrogen and oxygen atoms in total. The summed E-state index contributed by atoms with van der Waals surface area (Å²) in [5.74, 6) is 0.499. The minimum Gasteiger partial charge on any atom is -0.319 e. The van der Waals surface area contributed by atoms with Gasteiger partial charge < -0.3 is 5.32 Å². The van der Waals surface area contributed by atoms with E-state index in [4.69, 9.17) is 11.6 Å². The normalized spacial score (nSPS) is 12.3. The van der Waals surface area contributed by atoms with E-state index in [2.05, 4.69) is 44.4 Å². The van der Waals surface area contributed by atoms with E-state index in [1.54, 1.807) is 12.4 Å². The van der Waals surface area contributed by atoms with Gasteiger partial charge >= 0.3 is 0 Å². The Hall–Kier alpha value is -0.900. The molecule has 0 spiro atoms. The molecule has 0 saturated heterocycles. The predicted octanol–water partition coefficient (Wildman–Crippen LogP) is 4.12. The first-order valence-electron chi connectivity index (χ1n) is 6.67. The van der Waals surface area contributed by atoms with E-state index in [9.17, 15) is 0 Å². The minimum atomic E-state index is 0.499. The summed E-state index contributed by atoms with van der Waals surface area (Å²) in [6.45, 7) is 0.958. The SMILES string of the molecule is CNCC(Cc1ccncc1Cl)Cc1ccccc1Br. The zero-order valence-electron chi connectivity index (χ0n) is 11.4. The van der Waals surface area contributed by atoms with Crippen molar-refractivity contribution in [3.05, 3.63) is 63.3 Å². The molecule has 20 heavy (non-hydrogen) atoms. The van der Waals surface area contributed by atoms with Crippen molar-refractivity contribution >= 4 is 27.5 Å². The summed E-state index contributed by atoms with van der Waals surface area (Å²) in [6, 6.07) is 10.4. The van der Waals surface area contributed by atoms with Gasteiger partial charge in [-0.2, -0.15) is 0 Å². The number of rotatable bonds is 6. The summed E-state index contributed by atoms with van der Waals surface area (Å²) in [4.78, 5) is 4.04. The third-order valence-corrected chi connectivity index (χ3v) is 4.44. The van der Waals surface area contributed by atoms with Crippen molar-refractivity contribution in [3.63, 3.8) is 0 Å². The predicted molar refractivity (Wildman–Crippen MR) is 88.2 cm³/mol. The Kier molecular flexibility index (Phi) is 6.02. The molecule has 1 unspecified atom stereocenters. The molecule has 106 valence electrons. The summed E-state index contributed by atoms with van der Waals surface area (Å²) < 4.78 is 1.17. The zero-order valence-corrected chi connectivity index (χ0v) is 13.8. The van der Waals surface area contributed by atoms with E-state index in [-0.39, 0.29) is 0 Å². The lowest BCUT2D eigenvalue weighted by atomic mass is 9.93. The monoisotopic (exact) mass is 352 g/mol. The van der Waals surface area contributed by atoms with Crippen LogP contribution in [-0.2, 0) is 12.8 Å². The fraction of sp³-hybridized carbons (Fsp3) is 0.312. The molecule has 0 aliphatic heterocycles. The fourth-order valence-corrected chi connectivity index (χ4v) is 3.00. The van der Waals surface area contributed by atoms with Crippen molar-refractivity contribution in [2.45, 2.75) is 12.8 Å². The second-order valence-electron chi connectivity index (χ2n) is 4.89. The second-order valence-corrected chi connectivity index (χ2v) is 6.15. The maximum atomic E-state index is 6.21. The van der Waals surface area contributed by atoms with Crippen molar-refractivity contribution in [1.82, 2.24) is 10.3 Å². The molecule has 0 saturated carbocycles. The van der Waals surface area contributed by atoms with Crippen LogP contribution in [0.2, 0.25) is 5.02 Å². The van der Waals surface area contributed by atoms with Crippen LogP contribution in [0.5, 0.6) is 0 Å². The van der Waals surface area contributed by atoms with Gasteiger partial charge in [0.15, 0.2) is 0 Å². The standard InChI is InChI=1S/C16H18BrClN2/c1-19-10-12(8-13-4-2-3-5-15(13)17)9-14-6-7-20-11-16(14)18/h2-7,11-12,19H,8-10H2,1H3. The number of nitrogens with one attached hydrogen (secondary N) is 1. The van der Waals surface area contributed by atoms with Crippen molar-refractivity contribution in [1.29, 1.82) is 0 Å². The van der Waals surface area contributed by atoms with Crippen molar-refractivity contribution in [2.75, 3.05) is 13.6 Å². The number of benzene rings is 1. The summed E-state index contributed by atoms with van der Waals surface area (Å²) in [7, 11) is 1.99. The molecular formula is C16H18BrClN2. The van der Waals surface area contributed by atoms with Crippen LogP contribution in [-0.4, -0.2) is 18.6 Å². The number of aromatic nitrogens is 1. The second kappa shape index (κ2) is 7.77. The van der Waals surface area contributed by atoms with E-state index in [0.717, 1.165) is 30.0 Å². The van der Waals surface area contributed by atoms with Gasteiger partial charge in [0.05, 0.1) is 5.02 Å². The van der Waals surface area contributed by atoms with Gasteiger partial charge in [0.1, 0.15) is 0 Å². The third kappa shape index (κ3) is 4.30. The van der Waals surface area contributed by atoms with E-state index < -0.39 is 0 Å². The van der Waals surface area contributed by atoms with Gasteiger partial charge in [-0.3, -0.25) is 4.98 Å². The number of hydrogen-bond donors (Lipinski definition) is 1. The molecule has 0 radical (unpaired) electrons. The highest BCUT2D eigenvalue weighted by Crippen LogP contribution is 2.23. The summed E-state index contributed by atoms with van der Waals surface area (Å²) in [5.41, 5.74) is 2.49. The topological polar surface area (TPSA) is 24.9 Å². The van der Waals surface area contributed by atoms with Crippen molar-refractivity contribution < 1.29 is 0 Å². The van der Waals surface area contributed by atoms with Gasteiger partial charge in [-0.05, 0) is 55.6 Å². The number of hydrogen-bond acceptors (Lipinski definition) is 2. The van der Waals surface area contributed by atoms with Gasteiger partial charge in [-0.1, -0.05) is 45.7 Å². The minimum absolute atomic E-state index is 0.499. The highest BCUT2D eigenvalue weighted by Gasteiger charge is 2.13. The maximum Gasteiger partial charge on any atom is 0.0621 e. The van der Waals surface area contributed by atoms with Gasteiger partial charge in [-0.15, -0.1) is 0 Å². The number of halogens is 2. The first-order chi connectivity index (χ1) is 9.70. The molecule has 0 aliphatic carbocycles. The Labute approximate surface area is 133 Å².